The van der Waals surface area contributed by atoms with Gasteiger partial charge in [-0.2, -0.15) is 0 Å². The molecule has 0 bridgehead atoms. The molecular weight excluding hydrogens is 258 g/mol. The van der Waals surface area contributed by atoms with E-state index in [4.69, 9.17) is 27.4 Å². The molecule has 1 aromatic rings. The molecule has 1 rings (SSSR count). The van der Waals surface area contributed by atoms with Gasteiger partial charge in [0.2, 0.25) is 0 Å². The highest BCUT2D eigenvalue weighted by molar-refractivity contribution is 7.80. The fourth-order valence-corrected chi connectivity index (χ4v) is 1.77. The molecule has 0 amide bonds. The number of thiocarbonyl (C=S) groups is 1. The van der Waals surface area contributed by atoms with Gasteiger partial charge in [-0.15, -0.1) is 0 Å². The second kappa shape index (κ2) is 8.88. The number of hydrogen-bond donors (Lipinski definition) is 1. The molecular formula is C15H23NO2S. The van der Waals surface area contributed by atoms with E-state index >= 15 is 0 Å². The Kier molecular flexibility index (Phi) is 7.45. The Morgan fingerprint density at radius 3 is 2.42 bits per heavy atom. The van der Waals surface area contributed by atoms with Crippen molar-refractivity contribution in [3.8, 4) is 5.75 Å². The van der Waals surface area contributed by atoms with Crippen LogP contribution in [0.1, 0.15) is 32.3 Å². The maximum Gasteiger partial charge on any atom is 0.119 e. The van der Waals surface area contributed by atoms with Gasteiger partial charge in [0.15, 0.2) is 0 Å². The summed E-state index contributed by atoms with van der Waals surface area (Å²) in [7, 11) is 0. The molecule has 0 aliphatic carbocycles. The number of benzene rings is 1. The molecule has 0 saturated carbocycles. The fraction of sp³-hybridized carbons (Fsp3) is 0.533. The van der Waals surface area contributed by atoms with Crippen LogP contribution in [0.15, 0.2) is 24.3 Å². The summed E-state index contributed by atoms with van der Waals surface area (Å²) in [4.78, 5) is 0.403. The maximum atomic E-state index is 5.56. The summed E-state index contributed by atoms with van der Waals surface area (Å²) in [5.41, 5.74) is 6.38. The van der Waals surface area contributed by atoms with Crippen LogP contribution < -0.4 is 10.5 Å². The minimum absolute atomic E-state index is 0.403. The lowest BCUT2D eigenvalue weighted by Crippen LogP contribution is -2.10. The number of hydrogen-bond acceptors (Lipinski definition) is 3. The number of nitrogens with two attached hydrogens (primary N) is 1. The first kappa shape index (κ1) is 15.9. The third kappa shape index (κ3) is 7.13. The predicted octanol–water partition coefficient (Wildman–Crippen LogP) is 3.15. The normalized spacial score (nSPS) is 10.7. The third-order valence-corrected chi connectivity index (χ3v) is 2.94. The minimum atomic E-state index is 0.403. The second-order valence-electron chi connectivity index (χ2n) is 4.89. The van der Waals surface area contributed by atoms with E-state index in [9.17, 15) is 0 Å². The Balaban J connectivity index is 2.11. The first-order valence-electron chi connectivity index (χ1n) is 6.70. The predicted molar refractivity (Wildman–Crippen MR) is 82.7 cm³/mol. The first-order chi connectivity index (χ1) is 9.09. The SMILES string of the molecule is CC(C)CCCOCCOc1ccc(C(N)=S)cc1. The van der Waals surface area contributed by atoms with E-state index in [2.05, 4.69) is 13.8 Å². The van der Waals surface area contributed by atoms with E-state index in [0.717, 1.165) is 30.3 Å². The van der Waals surface area contributed by atoms with E-state index in [-0.39, 0.29) is 0 Å². The van der Waals surface area contributed by atoms with Gasteiger partial charge in [-0.1, -0.05) is 26.1 Å². The van der Waals surface area contributed by atoms with Crippen molar-refractivity contribution < 1.29 is 9.47 Å². The van der Waals surface area contributed by atoms with Crippen LogP contribution in [0.5, 0.6) is 5.75 Å². The van der Waals surface area contributed by atoms with Crippen LogP contribution in [0.2, 0.25) is 0 Å². The smallest absolute Gasteiger partial charge is 0.119 e. The van der Waals surface area contributed by atoms with E-state index in [1.54, 1.807) is 0 Å². The summed E-state index contributed by atoms with van der Waals surface area (Å²) in [6.07, 6.45) is 2.32. The summed E-state index contributed by atoms with van der Waals surface area (Å²) < 4.78 is 11.1. The Labute approximate surface area is 121 Å². The zero-order valence-corrected chi connectivity index (χ0v) is 12.5. The summed E-state index contributed by atoms with van der Waals surface area (Å²) in [5.74, 6) is 1.55. The molecule has 4 heteroatoms. The monoisotopic (exact) mass is 281 g/mol. The van der Waals surface area contributed by atoms with Crippen molar-refractivity contribution in [2.75, 3.05) is 19.8 Å². The molecule has 2 N–H and O–H groups in total. The molecule has 1 aromatic carbocycles. The number of rotatable bonds is 9. The topological polar surface area (TPSA) is 44.5 Å². The average molecular weight is 281 g/mol. The molecule has 3 nitrogen and oxygen atoms in total. The van der Waals surface area contributed by atoms with Gasteiger partial charge in [0.25, 0.3) is 0 Å². The summed E-state index contributed by atoms with van der Waals surface area (Å²) in [6.45, 7) is 6.44. The second-order valence-corrected chi connectivity index (χ2v) is 5.33. The van der Waals surface area contributed by atoms with E-state index < -0.39 is 0 Å². The molecule has 0 atom stereocenters. The molecule has 0 spiro atoms. The number of ether oxygens (including phenoxy) is 2. The fourth-order valence-electron chi connectivity index (χ4n) is 1.63. The van der Waals surface area contributed by atoms with E-state index in [1.165, 1.54) is 6.42 Å². The van der Waals surface area contributed by atoms with Gasteiger partial charge in [-0.25, -0.2) is 0 Å². The molecule has 0 aliphatic rings. The molecule has 106 valence electrons. The first-order valence-corrected chi connectivity index (χ1v) is 7.11. The van der Waals surface area contributed by atoms with Gasteiger partial charge < -0.3 is 15.2 Å². The minimum Gasteiger partial charge on any atom is -0.491 e. The molecule has 0 fully saturated rings. The summed E-state index contributed by atoms with van der Waals surface area (Å²) in [5, 5.41) is 0. The lowest BCUT2D eigenvalue weighted by molar-refractivity contribution is 0.0957. The zero-order chi connectivity index (χ0) is 14.1. The van der Waals surface area contributed by atoms with Gasteiger partial charge in [-0.05, 0) is 43.0 Å². The van der Waals surface area contributed by atoms with Gasteiger partial charge in [-0.3, -0.25) is 0 Å². The molecule has 0 heterocycles. The van der Waals surface area contributed by atoms with Crippen LogP contribution in [0.25, 0.3) is 0 Å². The maximum absolute atomic E-state index is 5.56. The van der Waals surface area contributed by atoms with Crippen LogP contribution in [0.4, 0.5) is 0 Å². The van der Waals surface area contributed by atoms with Crippen molar-refractivity contribution in [1.29, 1.82) is 0 Å². The molecule has 0 aliphatic heterocycles. The Morgan fingerprint density at radius 2 is 1.84 bits per heavy atom. The zero-order valence-electron chi connectivity index (χ0n) is 11.7. The summed E-state index contributed by atoms with van der Waals surface area (Å²) >= 11 is 4.89. The van der Waals surface area contributed by atoms with Gasteiger partial charge in [0.1, 0.15) is 17.3 Å². The van der Waals surface area contributed by atoms with Crippen molar-refractivity contribution in [3.63, 3.8) is 0 Å². The largest absolute Gasteiger partial charge is 0.491 e. The highest BCUT2D eigenvalue weighted by Crippen LogP contribution is 2.12. The van der Waals surface area contributed by atoms with Crippen molar-refractivity contribution in [2.45, 2.75) is 26.7 Å². The average Bonchev–Trinajstić information content (AvgIpc) is 2.38. The van der Waals surface area contributed by atoms with Gasteiger partial charge in [0.05, 0.1) is 6.61 Å². The van der Waals surface area contributed by atoms with Crippen LogP contribution in [0.3, 0.4) is 0 Å². The third-order valence-electron chi connectivity index (χ3n) is 2.71. The Morgan fingerprint density at radius 1 is 1.16 bits per heavy atom. The van der Waals surface area contributed by atoms with Crippen LogP contribution in [-0.2, 0) is 4.74 Å². The van der Waals surface area contributed by atoms with Crippen molar-refractivity contribution >= 4 is 17.2 Å². The summed E-state index contributed by atoms with van der Waals surface area (Å²) in [6, 6.07) is 7.46. The van der Waals surface area contributed by atoms with Crippen LogP contribution in [0, 0.1) is 5.92 Å². The molecule has 0 aromatic heterocycles. The molecule has 0 unspecified atom stereocenters. The molecule has 19 heavy (non-hydrogen) atoms. The van der Waals surface area contributed by atoms with E-state index in [1.807, 2.05) is 24.3 Å². The van der Waals surface area contributed by atoms with Gasteiger partial charge >= 0.3 is 0 Å². The Bertz CT molecular complexity index is 376. The van der Waals surface area contributed by atoms with Crippen LogP contribution in [-0.4, -0.2) is 24.8 Å². The molecule has 0 saturated heterocycles. The van der Waals surface area contributed by atoms with E-state index in [0.29, 0.717) is 18.2 Å². The highest BCUT2D eigenvalue weighted by atomic mass is 32.1. The Hall–Kier alpha value is -1.13. The van der Waals surface area contributed by atoms with Gasteiger partial charge in [0, 0.05) is 12.2 Å². The lowest BCUT2D eigenvalue weighted by atomic mass is 10.1. The highest BCUT2D eigenvalue weighted by Gasteiger charge is 1.98. The lowest BCUT2D eigenvalue weighted by Gasteiger charge is -2.08. The standard InChI is InChI=1S/C15H23NO2S/c1-12(2)4-3-9-17-10-11-18-14-7-5-13(6-8-14)15(16)19/h5-8,12H,3-4,9-11H2,1-2H3,(H2,16,19). The van der Waals surface area contributed by atoms with Crippen LogP contribution >= 0.6 is 12.2 Å². The van der Waals surface area contributed by atoms with Crippen molar-refractivity contribution in [2.24, 2.45) is 11.7 Å². The molecule has 0 radical (unpaired) electrons. The quantitative estimate of drug-likeness (QED) is 0.558. The van der Waals surface area contributed by atoms with Crippen molar-refractivity contribution in [1.82, 2.24) is 0 Å². The van der Waals surface area contributed by atoms with Crippen molar-refractivity contribution in [3.05, 3.63) is 29.8 Å².